The Kier molecular flexibility index (Phi) is 43.7. The number of aryl methyl sites for hydroxylation is 2. The van der Waals surface area contributed by atoms with Crippen LogP contribution >= 0.6 is 0 Å². The molecule has 0 atom stereocenters. The van der Waals surface area contributed by atoms with E-state index in [2.05, 4.69) is 182 Å². The predicted octanol–water partition coefficient (Wildman–Crippen LogP) is 22.4. The van der Waals surface area contributed by atoms with Gasteiger partial charge in [-0.2, -0.15) is 21.6 Å². The van der Waals surface area contributed by atoms with Crippen molar-refractivity contribution in [2.75, 3.05) is 20.8 Å². The second-order valence-electron chi connectivity index (χ2n) is 29.5. The first kappa shape index (κ1) is 104. The first-order chi connectivity index (χ1) is 57.0. The second-order valence-corrected chi connectivity index (χ2v) is 41.0. The molecule has 24 heteroatoms. The van der Waals surface area contributed by atoms with Crippen LogP contribution in [0.4, 0.5) is 13.2 Å². The standard InChI is InChI=1S/C24H28N2OSi.C24H27N2OSi.4C11H8N.C2H6O.CHF3O3S.2CH4O.CH4.2Ir/c2*1-15(2)11-18-13-21(25-14-23(18)28(4,5)6)17-8-10-22-20(12-17)19-9-7-16(3)26-24(19)27-22;4*1-2-6-10(7-3-1)11-8-4-5-9-12-11;1-2-3;2-1(3,4)8(5,6)7;2*1-2;;;/h7-10,12-15H,11H2,1-6H3;7,9-10,12-15H,11H2,1-6H3;4*1-6,8-9H;3H,2H2,1H3;(H,5,6,7);2*2H,1H3;1H4;;/q;5*-1;;;;;;;+3. The minimum absolute atomic E-state index is 0. The minimum Gasteiger partial charge on any atom is -0.486 e. The van der Waals surface area contributed by atoms with Crippen molar-refractivity contribution < 1.29 is 90.5 Å². The molecule has 0 aliphatic heterocycles. The summed E-state index contributed by atoms with van der Waals surface area (Å²) in [4.78, 5) is 35.6. The van der Waals surface area contributed by atoms with E-state index in [9.17, 15) is 13.2 Å². The Morgan fingerprint density at radius 1 is 0.426 bits per heavy atom. The van der Waals surface area contributed by atoms with Gasteiger partial charge < -0.3 is 49.1 Å². The fourth-order valence-corrected chi connectivity index (χ4v) is 15.1. The van der Waals surface area contributed by atoms with Crippen LogP contribution in [0.15, 0.2) is 283 Å². The molecule has 16 aromatic rings. The van der Waals surface area contributed by atoms with Gasteiger partial charge in [-0.3, -0.25) is 9.54 Å². The van der Waals surface area contributed by atoms with E-state index in [0.29, 0.717) is 23.3 Å². The topological polar surface area (TPSA) is 244 Å². The molecule has 10 heterocycles. The molecule has 0 unspecified atom stereocenters. The number of halogens is 3. The zero-order valence-corrected chi connectivity index (χ0v) is 78.1. The van der Waals surface area contributed by atoms with Crippen LogP contribution < -0.4 is 10.4 Å². The number of aliphatic hydroxyl groups is 3. The largest absolute Gasteiger partial charge is 3.00 e. The maximum absolute atomic E-state index is 10.7. The van der Waals surface area contributed by atoms with Gasteiger partial charge in [0.1, 0.15) is 5.58 Å². The van der Waals surface area contributed by atoms with Crippen molar-refractivity contribution in [1.82, 2.24) is 39.9 Å². The number of alkyl halides is 3. The first-order valence-corrected chi connectivity index (χ1v) is 47.0. The summed E-state index contributed by atoms with van der Waals surface area (Å²) in [6, 6.07) is 93.8. The van der Waals surface area contributed by atoms with Crippen molar-refractivity contribution in [2.45, 2.75) is 114 Å². The number of aromatic nitrogens is 8. The fraction of sp³-hybridized carbons (Fsp3) is 0.224. The van der Waals surface area contributed by atoms with E-state index in [0.717, 1.165) is 139 Å². The molecule has 16 nitrogen and oxygen atoms in total. The minimum atomic E-state index is -5.84. The van der Waals surface area contributed by atoms with Crippen LogP contribution in [0.3, 0.4) is 0 Å². The third-order valence-corrected chi connectivity index (χ3v) is 21.9. The Balaban J connectivity index is 0.000000307. The predicted molar refractivity (Wildman–Crippen MR) is 488 cm³/mol. The summed E-state index contributed by atoms with van der Waals surface area (Å²) in [6.45, 7) is 29.4. The summed E-state index contributed by atoms with van der Waals surface area (Å²) in [5, 5.41) is 28.8. The number of nitrogens with zero attached hydrogens (tertiary/aromatic N) is 8. The molecule has 0 bridgehead atoms. The number of hydrogen-bond acceptors (Lipinski definition) is 15. The summed E-state index contributed by atoms with van der Waals surface area (Å²) in [5.74, 6) is 1.24. The van der Waals surface area contributed by atoms with Crippen LogP contribution in [-0.2, 0) is 63.2 Å². The van der Waals surface area contributed by atoms with Crippen molar-refractivity contribution in [3.8, 4) is 67.5 Å². The van der Waals surface area contributed by atoms with E-state index >= 15 is 0 Å². The Bertz CT molecular complexity index is 5180. The number of benzene rings is 6. The molecule has 10 aromatic heterocycles. The maximum Gasteiger partial charge on any atom is 3.00 e. The van der Waals surface area contributed by atoms with E-state index < -0.39 is 31.8 Å². The van der Waals surface area contributed by atoms with Crippen molar-refractivity contribution in [2.24, 2.45) is 11.8 Å². The third kappa shape index (κ3) is 32.0. The molecule has 4 N–H and O–H groups in total. The van der Waals surface area contributed by atoms with E-state index in [1.54, 1.807) is 31.7 Å². The van der Waals surface area contributed by atoms with Gasteiger partial charge >= 0.3 is 35.7 Å². The molecule has 0 amide bonds. The van der Waals surface area contributed by atoms with Crippen molar-refractivity contribution in [3.63, 3.8) is 0 Å². The Labute approximate surface area is 745 Å². The first-order valence-electron chi connectivity index (χ1n) is 38.5. The smallest absolute Gasteiger partial charge is 0.486 e. The normalized spacial score (nSPS) is 10.7. The van der Waals surface area contributed by atoms with Crippen LogP contribution in [0.1, 0.15) is 64.6 Å². The number of hydrogen-bond donors (Lipinski definition) is 4. The van der Waals surface area contributed by atoms with Gasteiger partial charge in [-0.25, -0.2) is 9.97 Å². The van der Waals surface area contributed by atoms with Gasteiger partial charge in [0.2, 0.25) is 11.4 Å². The number of furan rings is 2. The van der Waals surface area contributed by atoms with Gasteiger partial charge in [-0.05, 0) is 163 Å². The number of pyridine rings is 8. The van der Waals surface area contributed by atoms with Crippen LogP contribution in [-0.4, -0.2) is 111 Å². The Morgan fingerprint density at radius 2 is 0.754 bits per heavy atom. The molecule has 6 aromatic carbocycles. The molecule has 1 radical (unpaired) electrons. The summed E-state index contributed by atoms with van der Waals surface area (Å²) in [5.41, 5.74) is 14.5. The van der Waals surface area contributed by atoms with Crippen LogP contribution in [0.2, 0.25) is 39.3 Å². The molecular weight excluding hydrogens is 1950 g/mol. The van der Waals surface area contributed by atoms with E-state index in [1.807, 2.05) is 208 Å². The SMILES string of the molecule is C.CCO.CO.CO.Cc1ccc2c(n1)oc1c[c-]c(-c3cc(CC(C)C)c([Si](C)(C)C)cn3)cc12.Cc1ccc2c(n1)oc1ccc(-c3cc(CC(C)C)c([Si](C)(C)C)cn3)cc12.O=S(=O)(O)C(F)(F)F.[Ir+3].[Ir].[c-]1ccccc1-c1ccccn1.[c-]1ccccc1-c1ccccn1.[c-]1ccccc1-c1ccccn1.[c-]1ccccc1-c1ccccn1. The van der Waals surface area contributed by atoms with Crippen LogP contribution in [0.25, 0.3) is 112 Å². The monoisotopic (exact) mass is 2050 g/mol. The maximum atomic E-state index is 10.7. The summed E-state index contributed by atoms with van der Waals surface area (Å²) >= 11 is 0. The molecule has 641 valence electrons. The quantitative estimate of drug-likeness (QED) is 0.0384. The summed E-state index contributed by atoms with van der Waals surface area (Å²) in [6.07, 6.45) is 13.6. The van der Waals surface area contributed by atoms with E-state index in [1.165, 1.54) is 21.5 Å². The summed E-state index contributed by atoms with van der Waals surface area (Å²) < 4.78 is 69.4. The van der Waals surface area contributed by atoms with Gasteiger partial charge in [0, 0.05) is 111 Å². The van der Waals surface area contributed by atoms with Crippen LogP contribution in [0, 0.1) is 56.0 Å². The molecule has 0 saturated carbocycles. The number of aliphatic hydroxyl groups excluding tert-OH is 3. The van der Waals surface area contributed by atoms with Gasteiger partial charge in [0.15, 0.2) is 0 Å². The molecule has 0 aliphatic rings. The van der Waals surface area contributed by atoms with Gasteiger partial charge in [0.25, 0.3) is 0 Å². The van der Waals surface area contributed by atoms with Gasteiger partial charge in [-0.1, -0.05) is 140 Å². The van der Waals surface area contributed by atoms with E-state index in [-0.39, 0.29) is 54.2 Å². The third-order valence-electron chi connectivity index (χ3n) is 17.2. The molecule has 0 aliphatic carbocycles. The Morgan fingerprint density at radius 3 is 1.07 bits per heavy atom. The fourth-order valence-electron chi connectivity index (χ4n) is 11.9. The van der Waals surface area contributed by atoms with Crippen molar-refractivity contribution >= 4 is 80.8 Å². The number of rotatable bonds is 12. The van der Waals surface area contributed by atoms with Crippen LogP contribution in [0.5, 0.6) is 0 Å². The molecule has 0 spiro atoms. The zero-order chi connectivity index (χ0) is 86.7. The molecular formula is C98H106F3Ir2N8O8SSi2-2. The van der Waals surface area contributed by atoms with E-state index in [4.69, 9.17) is 47.1 Å². The van der Waals surface area contributed by atoms with Gasteiger partial charge in [0.05, 0.1) is 27.4 Å². The number of fused-ring (bicyclic) bond motifs is 6. The Hall–Kier alpha value is -10.6. The second kappa shape index (κ2) is 51.4. The van der Waals surface area contributed by atoms with Crippen molar-refractivity contribution in [3.05, 3.63) is 327 Å². The average molecular weight is 2050 g/mol. The molecule has 0 fully saturated rings. The summed E-state index contributed by atoms with van der Waals surface area (Å²) in [7, 11) is -6.71. The molecule has 122 heavy (non-hydrogen) atoms. The average Bonchev–Trinajstić information content (AvgIpc) is 1.58. The van der Waals surface area contributed by atoms with Gasteiger partial charge in [-0.15, -0.1) is 167 Å². The van der Waals surface area contributed by atoms with Crippen molar-refractivity contribution in [1.29, 1.82) is 0 Å². The molecule has 16 rings (SSSR count). The molecule has 0 saturated heterocycles. The zero-order valence-electron chi connectivity index (χ0n) is 70.5.